The number of nitrogens with zero attached hydrogens (tertiary/aromatic N) is 2. The summed E-state index contributed by atoms with van der Waals surface area (Å²) >= 11 is 0. The van der Waals surface area contributed by atoms with Gasteiger partial charge in [-0.1, -0.05) is 97.1 Å². The van der Waals surface area contributed by atoms with Gasteiger partial charge in [0.05, 0.1) is 22.4 Å². The van der Waals surface area contributed by atoms with E-state index in [0.717, 1.165) is 71.8 Å². The summed E-state index contributed by atoms with van der Waals surface area (Å²) in [6, 6.07) is 40.1. The molecule has 3 nitrogen and oxygen atoms in total. The average Bonchev–Trinajstić information content (AvgIpc) is 3.35. The minimum atomic E-state index is 0.896. The first kappa shape index (κ1) is 21.1. The Balaban J connectivity index is 1.41. The van der Waals surface area contributed by atoms with E-state index in [1.165, 1.54) is 10.8 Å². The van der Waals surface area contributed by atoms with E-state index < -0.39 is 0 Å². The molecule has 0 N–H and O–H groups in total. The molecule has 0 unspecified atom stereocenters. The van der Waals surface area contributed by atoms with Crippen molar-refractivity contribution in [3.05, 3.63) is 121 Å². The molecule has 0 atom stereocenters. The number of para-hydroxylation sites is 1. The monoisotopic (exact) mass is 486 g/mol. The summed E-state index contributed by atoms with van der Waals surface area (Å²) in [6.45, 7) is 2.06. The predicted molar refractivity (Wildman–Crippen MR) is 157 cm³/mol. The third kappa shape index (κ3) is 3.02. The second-order valence-corrected chi connectivity index (χ2v) is 9.80. The van der Waals surface area contributed by atoms with Gasteiger partial charge in [-0.05, 0) is 47.0 Å². The normalized spacial score (nSPS) is 11.8. The van der Waals surface area contributed by atoms with Crippen molar-refractivity contribution in [1.29, 1.82) is 0 Å². The number of fused-ring (bicyclic) bond motifs is 9. The van der Waals surface area contributed by atoms with E-state index in [0.29, 0.717) is 0 Å². The molecule has 8 rings (SSSR count). The molecule has 0 amide bonds. The van der Waals surface area contributed by atoms with Crippen molar-refractivity contribution in [2.75, 3.05) is 0 Å². The van der Waals surface area contributed by atoms with Crippen LogP contribution in [0.15, 0.2) is 120 Å². The third-order valence-corrected chi connectivity index (χ3v) is 7.59. The lowest BCUT2D eigenvalue weighted by atomic mass is 9.94. The molecule has 0 spiro atoms. The fourth-order valence-corrected chi connectivity index (χ4v) is 5.83. The van der Waals surface area contributed by atoms with Gasteiger partial charge in [0.1, 0.15) is 11.2 Å². The summed E-state index contributed by atoms with van der Waals surface area (Å²) in [5, 5.41) is 6.91. The SMILES string of the molecule is Cc1nc2c3ccccc3c3ccccc3c2nc1-c1ccccc1-c1ccc2oc3ccccc3c2c1. The Morgan fingerprint density at radius 1 is 0.474 bits per heavy atom. The van der Waals surface area contributed by atoms with Gasteiger partial charge < -0.3 is 4.42 Å². The molecule has 38 heavy (non-hydrogen) atoms. The maximum atomic E-state index is 6.08. The first-order valence-corrected chi connectivity index (χ1v) is 12.9. The predicted octanol–water partition coefficient (Wildman–Crippen LogP) is 9.48. The van der Waals surface area contributed by atoms with Crippen molar-refractivity contribution in [1.82, 2.24) is 9.97 Å². The minimum absolute atomic E-state index is 0.896. The highest BCUT2D eigenvalue weighted by Gasteiger charge is 2.17. The summed E-state index contributed by atoms with van der Waals surface area (Å²) in [4.78, 5) is 10.5. The molecule has 2 aromatic heterocycles. The molecule has 6 aromatic carbocycles. The van der Waals surface area contributed by atoms with Gasteiger partial charge in [0, 0.05) is 27.1 Å². The molecular weight excluding hydrogens is 464 g/mol. The van der Waals surface area contributed by atoms with Crippen LogP contribution >= 0.6 is 0 Å². The Morgan fingerprint density at radius 2 is 1.03 bits per heavy atom. The first-order valence-electron chi connectivity index (χ1n) is 12.9. The van der Waals surface area contributed by atoms with Gasteiger partial charge in [-0.2, -0.15) is 0 Å². The Bertz CT molecular complexity index is 2210. The van der Waals surface area contributed by atoms with Crippen LogP contribution in [0, 0.1) is 6.92 Å². The first-order chi connectivity index (χ1) is 18.8. The quantitative estimate of drug-likeness (QED) is 0.228. The lowest BCUT2D eigenvalue weighted by molar-refractivity contribution is 0.669. The summed E-state index contributed by atoms with van der Waals surface area (Å²) in [5.74, 6) is 0. The van der Waals surface area contributed by atoms with E-state index in [2.05, 4.69) is 110 Å². The zero-order valence-corrected chi connectivity index (χ0v) is 20.8. The number of rotatable bonds is 2. The maximum absolute atomic E-state index is 6.08. The van der Waals surface area contributed by atoms with E-state index in [4.69, 9.17) is 14.4 Å². The summed E-state index contributed by atoms with van der Waals surface area (Å²) in [6.07, 6.45) is 0. The molecular formula is C35H22N2O. The van der Waals surface area contributed by atoms with Crippen molar-refractivity contribution < 1.29 is 4.42 Å². The van der Waals surface area contributed by atoms with E-state index >= 15 is 0 Å². The van der Waals surface area contributed by atoms with Gasteiger partial charge in [-0.3, -0.25) is 0 Å². The molecule has 0 saturated heterocycles. The maximum Gasteiger partial charge on any atom is 0.135 e. The molecule has 8 aromatic rings. The standard InChI is InChI=1S/C35H22N2O/c1-21-33(37-35-29-16-7-4-12-25(29)24-11-3-6-15-28(24)34(35)36-21)27-14-5-2-10-23(27)22-18-19-32-30(20-22)26-13-8-9-17-31(26)38-32/h2-20H,1H3. The van der Waals surface area contributed by atoms with Crippen LogP contribution in [0.3, 0.4) is 0 Å². The molecule has 0 aliphatic heterocycles. The molecule has 0 fully saturated rings. The highest BCUT2D eigenvalue weighted by molar-refractivity contribution is 6.23. The van der Waals surface area contributed by atoms with Gasteiger partial charge in [0.25, 0.3) is 0 Å². The van der Waals surface area contributed by atoms with E-state index in [-0.39, 0.29) is 0 Å². The number of hydrogen-bond acceptors (Lipinski definition) is 3. The van der Waals surface area contributed by atoms with Gasteiger partial charge in [-0.15, -0.1) is 0 Å². The zero-order valence-electron chi connectivity index (χ0n) is 20.8. The minimum Gasteiger partial charge on any atom is -0.456 e. The Hall–Kier alpha value is -5.02. The van der Waals surface area contributed by atoms with Crippen molar-refractivity contribution in [3.8, 4) is 22.4 Å². The summed E-state index contributed by atoms with van der Waals surface area (Å²) in [5.41, 5.74) is 8.84. The molecule has 0 saturated carbocycles. The van der Waals surface area contributed by atoms with Gasteiger partial charge >= 0.3 is 0 Å². The molecule has 0 bridgehead atoms. The number of furan rings is 1. The largest absolute Gasteiger partial charge is 0.456 e. The van der Waals surface area contributed by atoms with Crippen molar-refractivity contribution in [3.63, 3.8) is 0 Å². The number of aryl methyl sites for hydroxylation is 1. The molecule has 2 heterocycles. The fraction of sp³-hybridized carbons (Fsp3) is 0.0286. The van der Waals surface area contributed by atoms with Crippen LogP contribution < -0.4 is 0 Å². The number of benzene rings is 6. The summed E-state index contributed by atoms with van der Waals surface area (Å²) in [7, 11) is 0. The highest BCUT2D eigenvalue weighted by Crippen LogP contribution is 2.39. The Labute approximate surface area is 219 Å². The van der Waals surface area contributed by atoms with Gasteiger partial charge in [0.15, 0.2) is 0 Å². The van der Waals surface area contributed by atoms with Gasteiger partial charge in [0.2, 0.25) is 0 Å². The van der Waals surface area contributed by atoms with Crippen molar-refractivity contribution in [2.24, 2.45) is 0 Å². The zero-order chi connectivity index (χ0) is 25.2. The third-order valence-electron chi connectivity index (χ3n) is 7.59. The Morgan fingerprint density at radius 3 is 1.76 bits per heavy atom. The molecule has 0 aliphatic rings. The average molecular weight is 487 g/mol. The van der Waals surface area contributed by atoms with Crippen LogP contribution in [0.25, 0.3) is 76.9 Å². The second-order valence-electron chi connectivity index (χ2n) is 9.80. The van der Waals surface area contributed by atoms with Crippen molar-refractivity contribution in [2.45, 2.75) is 6.92 Å². The fourth-order valence-electron chi connectivity index (χ4n) is 5.83. The molecule has 0 radical (unpaired) electrons. The van der Waals surface area contributed by atoms with Crippen LogP contribution in [0.4, 0.5) is 0 Å². The van der Waals surface area contributed by atoms with E-state index in [9.17, 15) is 0 Å². The topological polar surface area (TPSA) is 38.9 Å². The smallest absolute Gasteiger partial charge is 0.135 e. The van der Waals surface area contributed by atoms with Crippen LogP contribution in [-0.4, -0.2) is 9.97 Å². The van der Waals surface area contributed by atoms with E-state index in [1.807, 2.05) is 12.1 Å². The van der Waals surface area contributed by atoms with E-state index in [1.54, 1.807) is 0 Å². The lowest BCUT2D eigenvalue weighted by Crippen LogP contribution is -1.98. The highest BCUT2D eigenvalue weighted by atomic mass is 16.3. The summed E-state index contributed by atoms with van der Waals surface area (Å²) < 4.78 is 6.08. The lowest BCUT2D eigenvalue weighted by Gasteiger charge is -2.15. The van der Waals surface area contributed by atoms with Crippen LogP contribution in [0.5, 0.6) is 0 Å². The van der Waals surface area contributed by atoms with Crippen LogP contribution in [-0.2, 0) is 0 Å². The van der Waals surface area contributed by atoms with Crippen molar-refractivity contribution >= 4 is 54.5 Å². The second kappa shape index (κ2) is 7.99. The molecule has 0 aliphatic carbocycles. The number of aromatic nitrogens is 2. The van der Waals surface area contributed by atoms with Crippen LogP contribution in [0.1, 0.15) is 5.69 Å². The Kier molecular flexibility index (Phi) is 4.44. The van der Waals surface area contributed by atoms with Crippen LogP contribution in [0.2, 0.25) is 0 Å². The molecule has 178 valence electrons. The molecule has 3 heteroatoms. The number of hydrogen-bond donors (Lipinski definition) is 0. The van der Waals surface area contributed by atoms with Gasteiger partial charge in [-0.25, -0.2) is 9.97 Å².